The molecule has 1 aliphatic carbocycles. The minimum absolute atomic E-state index is 0.105. The Kier molecular flexibility index (Phi) is 6.63. The van der Waals surface area contributed by atoms with Crippen molar-refractivity contribution in [2.75, 3.05) is 5.32 Å². The first-order valence-corrected chi connectivity index (χ1v) is 10.3. The summed E-state index contributed by atoms with van der Waals surface area (Å²) in [6, 6.07) is 11.5. The van der Waals surface area contributed by atoms with E-state index in [4.69, 9.17) is 0 Å². The van der Waals surface area contributed by atoms with Crippen molar-refractivity contribution in [3.8, 4) is 0 Å². The average molecular weight is 433 g/mol. The summed E-state index contributed by atoms with van der Waals surface area (Å²) in [5, 5.41) is 5.86. The number of hydrogen-bond donors (Lipinski definition) is 2. The summed E-state index contributed by atoms with van der Waals surface area (Å²) in [5.74, 6) is 0.101. The maximum absolute atomic E-state index is 12.2. The molecule has 6 heteroatoms. The Morgan fingerprint density at radius 3 is 2.73 bits per heavy atom. The van der Waals surface area contributed by atoms with E-state index in [0.717, 1.165) is 45.6 Å². The van der Waals surface area contributed by atoms with Crippen molar-refractivity contribution >= 4 is 50.8 Å². The number of halogens is 1. The third kappa shape index (κ3) is 5.54. The van der Waals surface area contributed by atoms with E-state index < -0.39 is 0 Å². The minimum atomic E-state index is -0.144. The predicted molar refractivity (Wildman–Crippen MR) is 110 cm³/mol. The average Bonchev–Trinajstić information content (AvgIpc) is 3.30. The van der Waals surface area contributed by atoms with Gasteiger partial charge in [-0.3, -0.25) is 9.59 Å². The molecule has 0 saturated heterocycles. The highest BCUT2D eigenvalue weighted by Crippen LogP contribution is 2.26. The largest absolute Gasteiger partial charge is 0.348 e. The van der Waals surface area contributed by atoms with Gasteiger partial charge in [-0.25, -0.2) is 0 Å². The fourth-order valence-electron chi connectivity index (χ4n) is 3.02. The van der Waals surface area contributed by atoms with Crippen LogP contribution in [-0.4, -0.2) is 11.8 Å². The molecule has 1 fully saturated rings. The van der Waals surface area contributed by atoms with Gasteiger partial charge in [-0.05, 0) is 64.7 Å². The van der Waals surface area contributed by atoms with Crippen molar-refractivity contribution in [3.63, 3.8) is 0 Å². The third-order valence-corrected chi connectivity index (χ3v) is 5.97. The lowest BCUT2D eigenvalue weighted by Gasteiger charge is -2.11. The Bertz CT molecular complexity index is 810. The van der Waals surface area contributed by atoms with Crippen LogP contribution in [0, 0.1) is 5.92 Å². The molecule has 0 aliphatic heterocycles. The zero-order valence-electron chi connectivity index (χ0n) is 14.3. The van der Waals surface area contributed by atoms with Gasteiger partial charge in [-0.1, -0.05) is 25.0 Å². The molecule has 0 atom stereocenters. The molecule has 0 bridgehead atoms. The molecule has 2 amide bonds. The van der Waals surface area contributed by atoms with E-state index in [0.29, 0.717) is 6.54 Å². The van der Waals surface area contributed by atoms with Crippen LogP contribution in [0.3, 0.4) is 0 Å². The second-order valence-corrected chi connectivity index (χ2v) is 8.86. The molecule has 1 heterocycles. The van der Waals surface area contributed by atoms with Crippen LogP contribution in [0.15, 0.2) is 46.3 Å². The molecule has 0 unspecified atom stereocenters. The minimum Gasteiger partial charge on any atom is -0.348 e. The smallest absolute Gasteiger partial charge is 0.244 e. The number of rotatable bonds is 6. The van der Waals surface area contributed by atoms with Gasteiger partial charge in [-0.15, -0.1) is 11.3 Å². The van der Waals surface area contributed by atoms with Gasteiger partial charge in [0.05, 0.1) is 3.79 Å². The molecule has 1 saturated carbocycles. The van der Waals surface area contributed by atoms with Gasteiger partial charge in [0.25, 0.3) is 0 Å². The zero-order chi connectivity index (χ0) is 18.4. The summed E-state index contributed by atoms with van der Waals surface area (Å²) in [5.41, 5.74) is 1.74. The van der Waals surface area contributed by atoms with E-state index in [1.807, 2.05) is 36.4 Å². The summed E-state index contributed by atoms with van der Waals surface area (Å²) in [6.45, 7) is 0.421. The van der Waals surface area contributed by atoms with Crippen molar-refractivity contribution in [1.82, 2.24) is 5.32 Å². The number of benzene rings is 1. The Morgan fingerprint density at radius 1 is 1.19 bits per heavy atom. The van der Waals surface area contributed by atoms with Gasteiger partial charge >= 0.3 is 0 Å². The number of hydrogen-bond acceptors (Lipinski definition) is 3. The Labute approximate surface area is 165 Å². The van der Waals surface area contributed by atoms with Crippen LogP contribution in [0.4, 0.5) is 5.69 Å². The van der Waals surface area contributed by atoms with Crippen molar-refractivity contribution in [2.24, 2.45) is 5.92 Å². The summed E-state index contributed by atoms with van der Waals surface area (Å²) in [7, 11) is 0. The number of amides is 2. The van der Waals surface area contributed by atoms with Crippen LogP contribution in [0.2, 0.25) is 0 Å². The van der Waals surface area contributed by atoms with Gasteiger partial charge in [0.2, 0.25) is 11.8 Å². The number of carbonyl (C=O) groups excluding carboxylic acids is 2. The van der Waals surface area contributed by atoms with E-state index in [1.165, 1.54) is 6.08 Å². The first kappa shape index (κ1) is 18.9. The molecular weight excluding hydrogens is 412 g/mol. The molecule has 1 aromatic carbocycles. The first-order valence-electron chi connectivity index (χ1n) is 8.71. The highest BCUT2D eigenvalue weighted by Gasteiger charge is 2.22. The van der Waals surface area contributed by atoms with E-state index in [1.54, 1.807) is 17.4 Å². The Balaban J connectivity index is 1.50. The third-order valence-electron chi connectivity index (χ3n) is 4.38. The summed E-state index contributed by atoms with van der Waals surface area (Å²) < 4.78 is 1.04. The van der Waals surface area contributed by atoms with E-state index in [9.17, 15) is 9.59 Å². The van der Waals surface area contributed by atoms with Crippen LogP contribution in [0.25, 0.3) is 6.08 Å². The highest BCUT2D eigenvalue weighted by molar-refractivity contribution is 9.11. The van der Waals surface area contributed by atoms with Gasteiger partial charge in [-0.2, -0.15) is 0 Å². The van der Waals surface area contributed by atoms with E-state index >= 15 is 0 Å². The molecule has 26 heavy (non-hydrogen) atoms. The normalized spacial score (nSPS) is 14.7. The molecule has 2 aromatic rings. The van der Waals surface area contributed by atoms with Crippen LogP contribution in [0.1, 0.15) is 36.1 Å². The standard InChI is InChI=1S/C20H21BrN2O2S/c21-18-10-8-17(26-18)9-11-19(24)22-13-14-4-3-7-16(12-14)23-20(25)15-5-1-2-6-15/h3-4,7-12,15H,1-2,5-6,13H2,(H,22,24)(H,23,25). The Hall–Kier alpha value is -1.92. The fraction of sp³-hybridized carbons (Fsp3) is 0.300. The summed E-state index contributed by atoms with van der Waals surface area (Å²) in [4.78, 5) is 25.2. The first-order chi connectivity index (χ1) is 12.6. The predicted octanol–water partition coefficient (Wildman–Crippen LogP) is 4.97. The molecule has 3 rings (SSSR count). The molecule has 2 N–H and O–H groups in total. The zero-order valence-corrected chi connectivity index (χ0v) is 16.7. The maximum atomic E-state index is 12.2. The van der Waals surface area contributed by atoms with Gasteiger partial charge in [0.1, 0.15) is 0 Å². The van der Waals surface area contributed by atoms with Crippen molar-refractivity contribution in [1.29, 1.82) is 0 Å². The Morgan fingerprint density at radius 2 is 2.00 bits per heavy atom. The lowest BCUT2D eigenvalue weighted by Crippen LogP contribution is -2.21. The SMILES string of the molecule is O=C(C=Cc1ccc(Br)s1)NCc1cccc(NC(=O)C2CCCC2)c1. The van der Waals surface area contributed by atoms with E-state index in [-0.39, 0.29) is 17.7 Å². The molecule has 0 spiro atoms. The van der Waals surface area contributed by atoms with Gasteiger partial charge < -0.3 is 10.6 Å². The number of nitrogens with one attached hydrogen (secondary N) is 2. The number of carbonyl (C=O) groups is 2. The topological polar surface area (TPSA) is 58.2 Å². The number of anilines is 1. The summed E-state index contributed by atoms with van der Waals surface area (Å²) >= 11 is 4.97. The monoisotopic (exact) mass is 432 g/mol. The molecule has 136 valence electrons. The highest BCUT2D eigenvalue weighted by atomic mass is 79.9. The van der Waals surface area contributed by atoms with Crippen molar-refractivity contribution in [2.45, 2.75) is 32.2 Å². The van der Waals surface area contributed by atoms with Crippen molar-refractivity contribution < 1.29 is 9.59 Å². The van der Waals surface area contributed by atoms with Crippen LogP contribution in [0.5, 0.6) is 0 Å². The molecular formula is C20H21BrN2O2S. The molecule has 1 aliphatic rings. The van der Waals surface area contributed by atoms with Crippen LogP contribution >= 0.6 is 27.3 Å². The molecule has 0 radical (unpaired) electrons. The number of thiophene rings is 1. The summed E-state index contributed by atoms with van der Waals surface area (Å²) in [6.07, 6.45) is 7.57. The lowest BCUT2D eigenvalue weighted by molar-refractivity contribution is -0.119. The van der Waals surface area contributed by atoms with E-state index in [2.05, 4.69) is 26.6 Å². The molecule has 4 nitrogen and oxygen atoms in total. The lowest BCUT2D eigenvalue weighted by atomic mass is 10.1. The van der Waals surface area contributed by atoms with Gasteiger partial charge in [0.15, 0.2) is 0 Å². The second kappa shape index (κ2) is 9.14. The maximum Gasteiger partial charge on any atom is 0.244 e. The quantitative estimate of drug-likeness (QED) is 0.632. The van der Waals surface area contributed by atoms with Crippen LogP contribution < -0.4 is 10.6 Å². The van der Waals surface area contributed by atoms with Gasteiger partial charge in [0, 0.05) is 29.1 Å². The fourth-order valence-corrected chi connectivity index (χ4v) is 4.34. The van der Waals surface area contributed by atoms with Crippen LogP contribution in [-0.2, 0) is 16.1 Å². The molecule has 1 aromatic heterocycles. The second-order valence-electron chi connectivity index (χ2n) is 6.36. The van der Waals surface area contributed by atoms with Crippen molar-refractivity contribution in [3.05, 3.63) is 56.7 Å².